The summed E-state index contributed by atoms with van der Waals surface area (Å²) in [7, 11) is 0. The van der Waals surface area contributed by atoms with Crippen LogP contribution in [0, 0.1) is 0 Å². The van der Waals surface area contributed by atoms with Crippen molar-refractivity contribution in [2.75, 3.05) is 0 Å². The van der Waals surface area contributed by atoms with Crippen LogP contribution in [0.1, 0.15) is 0 Å². The van der Waals surface area contributed by atoms with Crippen molar-refractivity contribution in [1.29, 1.82) is 0 Å². The van der Waals surface area contributed by atoms with E-state index in [0.717, 1.165) is 0 Å². The Morgan fingerprint density at radius 3 is 1.00 bits per heavy atom. The van der Waals surface area contributed by atoms with Gasteiger partial charge in [0, 0.05) is 17.1 Å². The topological polar surface area (TPSA) is 30.0 Å². The zero-order chi connectivity index (χ0) is 0. The van der Waals surface area contributed by atoms with Gasteiger partial charge in [-0.25, -0.2) is 0 Å². The quantitative estimate of drug-likeness (QED) is 0.408. The van der Waals surface area contributed by atoms with Crippen molar-refractivity contribution in [3.8, 4) is 0 Å². The molecule has 0 aliphatic rings. The largest absolute Gasteiger partial charge is 0.870 e. The third-order valence-corrected chi connectivity index (χ3v) is 0. The van der Waals surface area contributed by atoms with Crippen LogP contribution in [0.2, 0.25) is 0 Å². The van der Waals surface area contributed by atoms with E-state index in [-0.39, 0.29) is 97.6 Å². The van der Waals surface area contributed by atoms with Gasteiger partial charge in [0.1, 0.15) is 0 Å². The normalized spacial score (nSPS) is 0. The van der Waals surface area contributed by atoms with Crippen LogP contribution in [-0.4, -0.2) is 80.6 Å². The molecular weight excluding hydrogens is 426 g/mol. The van der Waals surface area contributed by atoms with Crippen LogP contribution in [0.4, 0.5) is 0 Å². The maximum atomic E-state index is 0. The molecule has 0 heterocycles. The summed E-state index contributed by atoms with van der Waals surface area (Å²) < 4.78 is 0. The Bertz CT molecular complexity index is 8.00. The molecule has 1 radical (unpaired) electrons. The third-order valence-electron chi connectivity index (χ3n) is 0. The van der Waals surface area contributed by atoms with Crippen molar-refractivity contribution in [2.45, 2.75) is 0 Å². The zero-order valence-electron chi connectivity index (χ0n) is 2.46. The van der Waals surface area contributed by atoms with Crippen molar-refractivity contribution in [3.63, 3.8) is 0 Å². The molecule has 0 aliphatic heterocycles. The maximum absolute atomic E-state index is 0. The van der Waals surface area contributed by atoms with Gasteiger partial charge in [0.2, 0.25) is 0 Å². The average molecular weight is 431 g/mol. The van der Waals surface area contributed by atoms with Gasteiger partial charge in [-0.2, -0.15) is 0 Å². The van der Waals surface area contributed by atoms with Crippen molar-refractivity contribution >= 4 is 75.1 Å². The molecule has 0 saturated carbocycles. The first-order valence-corrected chi connectivity index (χ1v) is 0. The molecule has 4 heteroatoms. The Balaban J connectivity index is 0. The standard InChI is InChI=1S/Ba.Bi.Cu.H2O.4H/h;;;1H2;;;;/q+1;;;;;;;/p-1. The van der Waals surface area contributed by atoms with E-state index in [1.807, 2.05) is 0 Å². The van der Waals surface area contributed by atoms with Crippen molar-refractivity contribution in [3.05, 3.63) is 0 Å². The van der Waals surface area contributed by atoms with E-state index >= 15 is 0 Å². The molecule has 0 unspecified atom stereocenters. The van der Waals surface area contributed by atoms with E-state index in [2.05, 4.69) is 0 Å². The van der Waals surface area contributed by atoms with Crippen LogP contribution in [0.3, 0.4) is 0 Å². The monoisotopic (exact) mass is 431 g/mol. The predicted molar refractivity (Wildman–Crippen MR) is 19.0 cm³/mol. The summed E-state index contributed by atoms with van der Waals surface area (Å²) in [6.07, 6.45) is 0. The number of hydrogen-bond donors (Lipinski definition) is 0. The van der Waals surface area contributed by atoms with Crippen LogP contribution >= 0.6 is 0 Å². The molecule has 0 aromatic rings. The minimum Gasteiger partial charge on any atom is -0.870 e. The molecular formula is H5BaBiCuO. The summed E-state index contributed by atoms with van der Waals surface area (Å²) in [6.45, 7) is 0. The molecule has 0 aromatic carbocycles. The first-order valence-electron chi connectivity index (χ1n) is 0. The smallest absolute Gasteiger partial charge is 0 e. The Labute approximate surface area is 95.3 Å². The molecule has 0 fully saturated rings. The van der Waals surface area contributed by atoms with Crippen LogP contribution in [0.15, 0.2) is 0 Å². The predicted octanol–water partition coefficient (Wildman–Crippen LogP) is -2.01. The molecule has 0 rings (SSSR count). The fourth-order valence-electron chi connectivity index (χ4n) is 0. The molecule has 29 valence electrons. The van der Waals surface area contributed by atoms with E-state index in [0.29, 0.717) is 0 Å². The van der Waals surface area contributed by atoms with Crippen LogP contribution in [-0.2, 0) is 17.1 Å². The van der Waals surface area contributed by atoms with Crippen molar-refractivity contribution in [2.24, 2.45) is 0 Å². The second-order valence-corrected chi connectivity index (χ2v) is 0. The first kappa shape index (κ1) is 28.4. The summed E-state index contributed by atoms with van der Waals surface area (Å²) in [6, 6.07) is 0. The van der Waals surface area contributed by atoms with Crippen LogP contribution in [0.5, 0.6) is 0 Å². The van der Waals surface area contributed by atoms with Gasteiger partial charge >= 0.3 is 75.1 Å². The Morgan fingerprint density at radius 1 is 1.00 bits per heavy atom. The first-order chi connectivity index (χ1) is 0. The van der Waals surface area contributed by atoms with Gasteiger partial charge in [0.25, 0.3) is 0 Å². The molecule has 4 heavy (non-hydrogen) atoms. The van der Waals surface area contributed by atoms with Gasteiger partial charge in [-0.15, -0.1) is 0 Å². The second-order valence-electron chi connectivity index (χ2n) is 0. The Hall–Kier alpha value is 2.93. The minimum absolute atomic E-state index is 0. The molecule has 0 spiro atoms. The second kappa shape index (κ2) is 16.8. The van der Waals surface area contributed by atoms with Crippen molar-refractivity contribution in [1.82, 2.24) is 0 Å². The Kier molecular flexibility index (Phi) is 119. The SMILES string of the molecule is [BaH+].[BiH3].[Cu].[OH-]. The molecule has 1 N–H and O–H groups in total. The van der Waals surface area contributed by atoms with Gasteiger partial charge in [-0.1, -0.05) is 0 Å². The minimum atomic E-state index is 0. The molecule has 0 aliphatic carbocycles. The fraction of sp³-hybridized carbons (Fsp3) is 0. The molecule has 1 nitrogen and oxygen atoms in total. The maximum Gasteiger partial charge on any atom is 0 e. The van der Waals surface area contributed by atoms with Gasteiger partial charge < -0.3 is 5.48 Å². The summed E-state index contributed by atoms with van der Waals surface area (Å²) in [4.78, 5) is 0. The van der Waals surface area contributed by atoms with Gasteiger partial charge in [0.15, 0.2) is 0 Å². The van der Waals surface area contributed by atoms with Gasteiger partial charge in [0.05, 0.1) is 0 Å². The molecule has 0 saturated heterocycles. The third kappa shape index (κ3) is 8.87. The molecule has 0 amide bonds. The number of hydrogen-bond acceptors (Lipinski definition) is 1. The average Bonchev–Trinajstić information content (AvgIpc) is 0. The molecule has 0 bridgehead atoms. The summed E-state index contributed by atoms with van der Waals surface area (Å²) in [5.41, 5.74) is 0. The van der Waals surface area contributed by atoms with Gasteiger partial charge in [-0.3, -0.25) is 0 Å². The summed E-state index contributed by atoms with van der Waals surface area (Å²) >= 11 is 0. The van der Waals surface area contributed by atoms with Crippen LogP contribution < -0.4 is 0 Å². The van der Waals surface area contributed by atoms with E-state index in [1.54, 1.807) is 0 Å². The van der Waals surface area contributed by atoms with Crippen LogP contribution in [0.25, 0.3) is 0 Å². The number of rotatable bonds is 0. The van der Waals surface area contributed by atoms with Crippen molar-refractivity contribution < 1.29 is 22.5 Å². The van der Waals surface area contributed by atoms with E-state index < -0.39 is 0 Å². The Morgan fingerprint density at radius 2 is 1.00 bits per heavy atom. The van der Waals surface area contributed by atoms with E-state index in [4.69, 9.17) is 0 Å². The zero-order valence-corrected chi connectivity index (χ0v) is 15.2. The summed E-state index contributed by atoms with van der Waals surface area (Å²) in [5.74, 6) is 0. The van der Waals surface area contributed by atoms with E-state index in [1.165, 1.54) is 0 Å². The van der Waals surface area contributed by atoms with E-state index in [9.17, 15) is 0 Å². The molecule has 0 aromatic heterocycles. The fourth-order valence-corrected chi connectivity index (χ4v) is 0. The molecule has 0 atom stereocenters. The van der Waals surface area contributed by atoms with Gasteiger partial charge in [-0.05, 0) is 0 Å². The summed E-state index contributed by atoms with van der Waals surface area (Å²) in [5, 5.41) is 0.